The maximum atomic E-state index is 3.64. The third kappa shape index (κ3) is 2.71. The Balaban J connectivity index is 1.70. The third-order valence-electron chi connectivity index (χ3n) is 3.91. The average Bonchev–Trinajstić information content (AvgIpc) is 2.65. The van der Waals surface area contributed by atoms with Crippen LogP contribution in [0.3, 0.4) is 0 Å². The molecule has 0 aliphatic carbocycles. The number of nitrogens with one attached hydrogen (secondary N) is 2. The van der Waals surface area contributed by atoms with Crippen molar-refractivity contribution in [3.05, 3.63) is 0 Å². The van der Waals surface area contributed by atoms with E-state index in [4.69, 9.17) is 0 Å². The standard InChI is InChI=1S/C12H24N2/c1-12(7-4-10-14-12)8-6-11-5-2-3-9-13-11/h11,13-14H,2-10H2,1H3. The van der Waals surface area contributed by atoms with Crippen LogP contribution in [0.1, 0.15) is 51.9 Å². The summed E-state index contributed by atoms with van der Waals surface area (Å²) in [6.45, 7) is 4.87. The van der Waals surface area contributed by atoms with Crippen LogP contribution in [0.4, 0.5) is 0 Å². The Morgan fingerprint density at radius 2 is 2.14 bits per heavy atom. The van der Waals surface area contributed by atoms with Crippen LogP contribution in [0.2, 0.25) is 0 Å². The molecule has 2 heteroatoms. The fraction of sp³-hybridized carbons (Fsp3) is 1.00. The first-order chi connectivity index (χ1) is 6.79. The highest BCUT2D eigenvalue weighted by Gasteiger charge is 2.28. The van der Waals surface area contributed by atoms with Crippen molar-refractivity contribution in [1.82, 2.24) is 10.6 Å². The number of rotatable bonds is 3. The molecule has 14 heavy (non-hydrogen) atoms. The minimum absolute atomic E-state index is 0.457. The lowest BCUT2D eigenvalue weighted by Crippen LogP contribution is -2.40. The van der Waals surface area contributed by atoms with Gasteiger partial charge in [-0.25, -0.2) is 0 Å². The molecule has 2 aliphatic heterocycles. The number of piperidine rings is 1. The largest absolute Gasteiger partial charge is 0.314 e. The summed E-state index contributed by atoms with van der Waals surface area (Å²) >= 11 is 0. The van der Waals surface area contributed by atoms with Crippen LogP contribution in [0.5, 0.6) is 0 Å². The van der Waals surface area contributed by atoms with Gasteiger partial charge in [-0.1, -0.05) is 6.42 Å². The van der Waals surface area contributed by atoms with Gasteiger partial charge in [0.1, 0.15) is 0 Å². The van der Waals surface area contributed by atoms with Crippen molar-refractivity contribution in [3.8, 4) is 0 Å². The van der Waals surface area contributed by atoms with Crippen molar-refractivity contribution in [2.75, 3.05) is 13.1 Å². The van der Waals surface area contributed by atoms with Gasteiger partial charge in [-0.15, -0.1) is 0 Å². The zero-order valence-corrected chi connectivity index (χ0v) is 9.44. The van der Waals surface area contributed by atoms with E-state index in [1.165, 1.54) is 58.0 Å². The van der Waals surface area contributed by atoms with Crippen LogP contribution in [0.15, 0.2) is 0 Å². The molecule has 2 N–H and O–H groups in total. The fourth-order valence-electron chi connectivity index (χ4n) is 2.83. The van der Waals surface area contributed by atoms with E-state index >= 15 is 0 Å². The van der Waals surface area contributed by atoms with Gasteiger partial charge in [0.25, 0.3) is 0 Å². The van der Waals surface area contributed by atoms with Gasteiger partial charge >= 0.3 is 0 Å². The third-order valence-corrected chi connectivity index (χ3v) is 3.91. The second-order valence-electron chi connectivity index (χ2n) is 5.28. The molecule has 2 fully saturated rings. The SMILES string of the molecule is CC1(CCC2CCCCN2)CCCN1. The van der Waals surface area contributed by atoms with E-state index in [9.17, 15) is 0 Å². The van der Waals surface area contributed by atoms with Crippen molar-refractivity contribution in [2.24, 2.45) is 0 Å². The Morgan fingerprint density at radius 3 is 2.79 bits per heavy atom. The molecule has 2 heterocycles. The van der Waals surface area contributed by atoms with Crippen LogP contribution in [-0.2, 0) is 0 Å². The van der Waals surface area contributed by atoms with E-state index in [-0.39, 0.29) is 0 Å². The predicted molar refractivity (Wildman–Crippen MR) is 60.5 cm³/mol. The quantitative estimate of drug-likeness (QED) is 0.722. The summed E-state index contributed by atoms with van der Waals surface area (Å²) in [4.78, 5) is 0. The number of hydrogen-bond acceptors (Lipinski definition) is 2. The normalized spacial score (nSPS) is 38.8. The van der Waals surface area contributed by atoms with Gasteiger partial charge in [0.15, 0.2) is 0 Å². The summed E-state index contributed by atoms with van der Waals surface area (Å²) in [7, 11) is 0. The molecule has 0 bridgehead atoms. The van der Waals surface area contributed by atoms with Crippen molar-refractivity contribution in [1.29, 1.82) is 0 Å². The minimum Gasteiger partial charge on any atom is -0.314 e. The fourth-order valence-corrected chi connectivity index (χ4v) is 2.83. The van der Waals surface area contributed by atoms with E-state index in [1.807, 2.05) is 0 Å². The van der Waals surface area contributed by atoms with Gasteiger partial charge in [0.05, 0.1) is 0 Å². The molecule has 2 saturated heterocycles. The molecule has 0 aromatic rings. The maximum Gasteiger partial charge on any atom is 0.0154 e. The van der Waals surface area contributed by atoms with Gasteiger partial charge in [0, 0.05) is 11.6 Å². The Hall–Kier alpha value is -0.0800. The van der Waals surface area contributed by atoms with Crippen molar-refractivity contribution in [2.45, 2.75) is 63.5 Å². The zero-order chi connectivity index (χ0) is 9.86. The number of hydrogen-bond donors (Lipinski definition) is 2. The Labute approximate surface area is 87.8 Å². The molecule has 82 valence electrons. The van der Waals surface area contributed by atoms with E-state index in [0.717, 1.165) is 6.04 Å². The van der Waals surface area contributed by atoms with E-state index < -0.39 is 0 Å². The zero-order valence-electron chi connectivity index (χ0n) is 9.44. The monoisotopic (exact) mass is 196 g/mol. The van der Waals surface area contributed by atoms with Crippen molar-refractivity contribution >= 4 is 0 Å². The molecule has 2 unspecified atom stereocenters. The smallest absolute Gasteiger partial charge is 0.0154 e. The molecule has 0 radical (unpaired) electrons. The minimum atomic E-state index is 0.457. The highest BCUT2D eigenvalue weighted by Crippen LogP contribution is 2.25. The molecule has 0 amide bonds. The summed E-state index contributed by atoms with van der Waals surface area (Å²) in [5.74, 6) is 0. The van der Waals surface area contributed by atoms with Gasteiger partial charge in [-0.05, 0) is 58.5 Å². The molecule has 2 rings (SSSR count). The van der Waals surface area contributed by atoms with Crippen molar-refractivity contribution < 1.29 is 0 Å². The topological polar surface area (TPSA) is 24.1 Å². The Morgan fingerprint density at radius 1 is 1.21 bits per heavy atom. The van der Waals surface area contributed by atoms with Crippen molar-refractivity contribution in [3.63, 3.8) is 0 Å². The first kappa shape index (κ1) is 10.4. The van der Waals surface area contributed by atoms with Gasteiger partial charge in [-0.3, -0.25) is 0 Å². The maximum absolute atomic E-state index is 3.64. The molecular weight excluding hydrogens is 172 g/mol. The lowest BCUT2D eigenvalue weighted by Gasteiger charge is -2.29. The van der Waals surface area contributed by atoms with Gasteiger partial charge in [0.2, 0.25) is 0 Å². The molecule has 0 spiro atoms. The van der Waals surface area contributed by atoms with E-state index in [2.05, 4.69) is 17.6 Å². The highest BCUT2D eigenvalue weighted by molar-refractivity contribution is 4.89. The summed E-state index contributed by atoms with van der Waals surface area (Å²) < 4.78 is 0. The molecule has 0 saturated carbocycles. The predicted octanol–water partition coefficient (Wildman–Crippen LogP) is 2.05. The summed E-state index contributed by atoms with van der Waals surface area (Å²) in [6, 6.07) is 0.808. The molecule has 0 aromatic carbocycles. The lowest BCUT2D eigenvalue weighted by molar-refractivity contribution is 0.311. The molecule has 2 nitrogen and oxygen atoms in total. The first-order valence-corrected chi connectivity index (χ1v) is 6.27. The molecular formula is C12H24N2. The summed E-state index contributed by atoms with van der Waals surface area (Å²) in [5.41, 5.74) is 0.457. The Bertz CT molecular complexity index is 167. The van der Waals surface area contributed by atoms with Crippen LogP contribution < -0.4 is 10.6 Å². The lowest BCUT2D eigenvalue weighted by atomic mass is 9.90. The second kappa shape index (κ2) is 4.63. The Kier molecular flexibility index (Phi) is 3.45. The molecule has 2 atom stereocenters. The van der Waals surface area contributed by atoms with Crippen LogP contribution in [0, 0.1) is 0 Å². The second-order valence-corrected chi connectivity index (χ2v) is 5.28. The first-order valence-electron chi connectivity index (χ1n) is 6.27. The van der Waals surface area contributed by atoms with E-state index in [1.54, 1.807) is 0 Å². The van der Waals surface area contributed by atoms with Crippen LogP contribution in [0.25, 0.3) is 0 Å². The summed E-state index contributed by atoms with van der Waals surface area (Å²) in [5, 5.41) is 7.28. The molecule has 0 aromatic heterocycles. The van der Waals surface area contributed by atoms with Crippen LogP contribution >= 0.6 is 0 Å². The van der Waals surface area contributed by atoms with E-state index in [0.29, 0.717) is 5.54 Å². The van der Waals surface area contributed by atoms with Gasteiger partial charge in [-0.2, -0.15) is 0 Å². The average molecular weight is 196 g/mol. The van der Waals surface area contributed by atoms with Gasteiger partial charge < -0.3 is 10.6 Å². The summed E-state index contributed by atoms with van der Waals surface area (Å²) in [6.07, 6.45) is 9.67. The highest BCUT2D eigenvalue weighted by atomic mass is 15.0. The molecule has 2 aliphatic rings. The van der Waals surface area contributed by atoms with Crippen LogP contribution in [-0.4, -0.2) is 24.7 Å².